The number of fused-ring (bicyclic) bond motifs is 1. The number of carbonyl (C=O) groups excluding carboxylic acids is 4. The van der Waals surface area contributed by atoms with Crippen LogP contribution in [0.5, 0.6) is 0 Å². The van der Waals surface area contributed by atoms with E-state index in [2.05, 4.69) is 16.0 Å². The van der Waals surface area contributed by atoms with E-state index in [-0.39, 0.29) is 24.9 Å². The van der Waals surface area contributed by atoms with Gasteiger partial charge in [-0.3, -0.25) is 29.4 Å². The third kappa shape index (κ3) is 3.66. The first kappa shape index (κ1) is 20.3. The van der Waals surface area contributed by atoms with Gasteiger partial charge in [-0.15, -0.1) is 0 Å². The van der Waals surface area contributed by atoms with E-state index >= 15 is 0 Å². The van der Waals surface area contributed by atoms with Crippen molar-refractivity contribution in [3.63, 3.8) is 0 Å². The summed E-state index contributed by atoms with van der Waals surface area (Å²) in [6, 6.07) is 4.24. The number of ether oxygens (including phenoxy) is 1. The second-order valence-electron chi connectivity index (χ2n) is 9.03. The molecule has 3 saturated heterocycles. The van der Waals surface area contributed by atoms with Crippen molar-refractivity contribution in [2.45, 2.75) is 44.4 Å². The summed E-state index contributed by atoms with van der Waals surface area (Å²) in [7, 11) is 0. The lowest BCUT2D eigenvalue weighted by Crippen LogP contribution is -2.59. The highest BCUT2D eigenvalue weighted by Crippen LogP contribution is 2.34. The minimum Gasteiger partial charge on any atom is -0.376 e. The second kappa shape index (κ2) is 7.81. The van der Waals surface area contributed by atoms with Crippen molar-refractivity contribution in [1.29, 1.82) is 0 Å². The molecule has 1 spiro atoms. The molecule has 4 aliphatic heterocycles. The molecule has 4 heterocycles. The normalized spacial score (nSPS) is 27.3. The summed E-state index contributed by atoms with van der Waals surface area (Å²) in [5.74, 6) is -1.94. The first-order chi connectivity index (χ1) is 15.0. The predicted octanol–water partition coefficient (Wildman–Crippen LogP) is -0.0540. The molecular formula is C22H26N4O5. The molecule has 2 atom stereocenters. The first-order valence-corrected chi connectivity index (χ1v) is 10.8. The van der Waals surface area contributed by atoms with Gasteiger partial charge < -0.3 is 15.4 Å². The summed E-state index contributed by atoms with van der Waals surface area (Å²) >= 11 is 0. The molecule has 9 heteroatoms. The average molecular weight is 426 g/mol. The topological polar surface area (TPSA) is 117 Å². The maximum absolute atomic E-state index is 12.9. The molecule has 31 heavy (non-hydrogen) atoms. The lowest BCUT2D eigenvalue weighted by atomic mass is 9.76. The number of benzene rings is 1. The van der Waals surface area contributed by atoms with Gasteiger partial charge in [0, 0.05) is 38.0 Å². The average Bonchev–Trinajstić information content (AvgIpc) is 2.98. The number of piperidine rings is 1. The molecule has 5 rings (SSSR count). The third-order valence-electron chi connectivity index (χ3n) is 6.83. The highest BCUT2D eigenvalue weighted by atomic mass is 16.5. The van der Waals surface area contributed by atoms with Crippen molar-refractivity contribution >= 4 is 23.6 Å². The Labute approximate surface area is 179 Å². The van der Waals surface area contributed by atoms with Crippen LogP contribution in [0.4, 0.5) is 0 Å². The van der Waals surface area contributed by atoms with Gasteiger partial charge in [0.1, 0.15) is 6.04 Å². The van der Waals surface area contributed by atoms with Gasteiger partial charge in [-0.1, -0.05) is 6.07 Å². The van der Waals surface area contributed by atoms with Crippen LogP contribution in [-0.4, -0.2) is 66.9 Å². The van der Waals surface area contributed by atoms with Gasteiger partial charge in [-0.05, 0) is 37.0 Å². The molecule has 164 valence electrons. The lowest BCUT2D eigenvalue weighted by molar-refractivity contribution is -0.136. The van der Waals surface area contributed by atoms with Crippen LogP contribution in [0.25, 0.3) is 0 Å². The van der Waals surface area contributed by atoms with E-state index in [0.717, 1.165) is 43.1 Å². The third-order valence-corrected chi connectivity index (χ3v) is 6.83. The SMILES string of the molecule is O=C1CCC(N2C(=O)c3ccc(CNCC4CCC5(CNC5)CO4)cc3C2=O)C(=O)N1. The Morgan fingerprint density at radius 3 is 2.58 bits per heavy atom. The van der Waals surface area contributed by atoms with Crippen LogP contribution in [0, 0.1) is 5.41 Å². The Kier molecular flexibility index (Phi) is 5.11. The van der Waals surface area contributed by atoms with E-state index in [0.29, 0.717) is 23.1 Å². The number of nitrogens with one attached hydrogen (secondary N) is 3. The number of nitrogens with zero attached hydrogens (tertiary/aromatic N) is 1. The summed E-state index contributed by atoms with van der Waals surface area (Å²) in [4.78, 5) is 50.2. The fraction of sp³-hybridized carbons (Fsp3) is 0.545. The molecule has 3 fully saturated rings. The van der Waals surface area contributed by atoms with E-state index in [9.17, 15) is 19.2 Å². The van der Waals surface area contributed by atoms with Crippen molar-refractivity contribution < 1.29 is 23.9 Å². The molecule has 0 radical (unpaired) electrons. The first-order valence-electron chi connectivity index (χ1n) is 10.8. The Morgan fingerprint density at radius 2 is 1.90 bits per heavy atom. The standard InChI is InChI=1S/C22H26N4O5/c27-18-4-3-17(19(28)25-18)26-20(29)15-2-1-13(7-16(15)21(26)30)8-23-9-14-5-6-22(12-31-14)10-24-11-22/h1-2,7,14,17,23-24H,3-6,8-12H2,(H,25,27,28). The maximum atomic E-state index is 12.9. The number of hydrogen-bond acceptors (Lipinski definition) is 7. The van der Waals surface area contributed by atoms with Gasteiger partial charge in [0.05, 0.1) is 23.8 Å². The van der Waals surface area contributed by atoms with Crippen LogP contribution in [0.1, 0.15) is 52.0 Å². The summed E-state index contributed by atoms with van der Waals surface area (Å²) in [6.07, 6.45) is 2.67. The van der Waals surface area contributed by atoms with Crippen molar-refractivity contribution in [3.8, 4) is 0 Å². The molecule has 0 aliphatic carbocycles. The van der Waals surface area contributed by atoms with Gasteiger partial charge >= 0.3 is 0 Å². The zero-order chi connectivity index (χ0) is 21.6. The quantitative estimate of drug-likeness (QED) is 0.565. The molecule has 1 aromatic carbocycles. The molecule has 0 aromatic heterocycles. The molecular weight excluding hydrogens is 400 g/mol. The summed E-state index contributed by atoms with van der Waals surface area (Å²) in [5.41, 5.74) is 1.84. The molecule has 4 amide bonds. The highest BCUT2D eigenvalue weighted by Gasteiger charge is 2.44. The fourth-order valence-electron chi connectivity index (χ4n) is 4.84. The van der Waals surface area contributed by atoms with Gasteiger partial charge in [0.15, 0.2) is 0 Å². The van der Waals surface area contributed by atoms with Crippen LogP contribution in [0.2, 0.25) is 0 Å². The van der Waals surface area contributed by atoms with Crippen LogP contribution in [-0.2, 0) is 20.9 Å². The Hall–Kier alpha value is -2.62. The smallest absolute Gasteiger partial charge is 0.262 e. The molecule has 0 bridgehead atoms. The molecule has 4 aliphatic rings. The zero-order valence-corrected chi connectivity index (χ0v) is 17.2. The summed E-state index contributed by atoms with van der Waals surface area (Å²) in [5, 5.41) is 8.91. The second-order valence-corrected chi connectivity index (χ2v) is 9.03. The Balaban J connectivity index is 1.19. The number of amides is 4. The van der Waals surface area contributed by atoms with Crippen molar-refractivity contribution in [2.24, 2.45) is 5.41 Å². The molecule has 0 saturated carbocycles. The van der Waals surface area contributed by atoms with Gasteiger partial charge in [0.25, 0.3) is 11.8 Å². The largest absolute Gasteiger partial charge is 0.376 e. The monoisotopic (exact) mass is 426 g/mol. The van der Waals surface area contributed by atoms with Crippen molar-refractivity contribution in [3.05, 3.63) is 34.9 Å². The Bertz CT molecular complexity index is 947. The van der Waals surface area contributed by atoms with E-state index in [1.165, 1.54) is 6.42 Å². The predicted molar refractivity (Wildman–Crippen MR) is 109 cm³/mol. The number of hydrogen-bond donors (Lipinski definition) is 3. The number of imide groups is 2. The van der Waals surface area contributed by atoms with E-state index in [4.69, 9.17) is 4.74 Å². The van der Waals surface area contributed by atoms with Crippen LogP contribution < -0.4 is 16.0 Å². The van der Waals surface area contributed by atoms with Crippen LogP contribution in [0.3, 0.4) is 0 Å². The lowest BCUT2D eigenvalue weighted by Gasteiger charge is -2.47. The maximum Gasteiger partial charge on any atom is 0.262 e. The summed E-state index contributed by atoms with van der Waals surface area (Å²) in [6.45, 7) is 4.18. The van der Waals surface area contributed by atoms with Crippen LogP contribution in [0.15, 0.2) is 18.2 Å². The van der Waals surface area contributed by atoms with E-state index in [1.807, 2.05) is 6.07 Å². The van der Waals surface area contributed by atoms with Crippen LogP contribution >= 0.6 is 0 Å². The zero-order valence-electron chi connectivity index (χ0n) is 17.2. The Morgan fingerprint density at radius 1 is 1.10 bits per heavy atom. The summed E-state index contributed by atoms with van der Waals surface area (Å²) < 4.78 is 6.01. The molecule has 2 unspecified atom stereocenters. The number of rotatable bonds is 5. The minimum atomic E-state index is -0.940. The minimum absolute atomic E-state index is 0.111. The molecule has 3 N–H and O–H groups in total. The molecule has 1 aromatic rings. The van der Waals surface area contributed by atoms with Gasteiger partial charge in [-0.25, -0.2) is 0 Å². The van der Waals surface area contributed by atoms with Gasteiger partial charge in [-0.2, -0.15) is 0 Å². The van der Waals surface area contributed by atoms with Gasteiger partial charge in [0.2, 0.25) is 11.8 Å². The van der Waals surface area contributed by atoms with Crippen molar-refractivity contribution in [2.75, 3.05) is 26.2 Å². The van der Waals surface area contributed by atoms with Crippen molar-refractivity contribution in [1.82, 2.24) is 20.9 Å². The molecule has 9 nitrogen and oxygen atoms in total. The highest BCUT2D eigenvalue weighted by molar-refractivity contribution is 6.23. The van der Waals surface area contributed by atoms with E-state index < -0.39 is 23.8 Å². The fourth-order valence-corrected chi connectivity index (χ4v) is 4.84. The number of carbonyl (C=O) groups is 4. The van der Waals surface area contributed by atoms with E-state index in [1.54, 1.807) is 12.1 Å².